The summed E-state index contributed by atoms with van der Waals surface area (Å²) in [4.78, 5) is 27.3. The van der Waals surface area contributed by atoms with Gasteiger partial charge in [0, 0.05) is 35.0 Å². The highest BCUT2D eigenvalue weighted by atomic mass is 16.2. The minimum Gasteiger partial charge on any atom is -0.399 e. The molecule has 0 saturated carbocycles. The zero-order valence-electron chi connectivity index (χ0n) is 13.6. The fraction of sp³-hybridized carbons (Fsp3) is 0.333. The van der Waals surface area contributed by atoms with Crippen LogP contribution >= 0.6 is 0 Å². The van der Waals surface area contributed by atoms with E-state index in [0.717, 1.165) is 18.4 Å². The lowest BCUT2D eigenvalue weighted by molar-refractivity contribution is -0.119. The summed E-state index contributed by atoms with van der Waals surface area (Å²) in [6.07, 6.45) is 2.26. The molecule has 2 atom stereocenters. The van der Waals surface area contributed by atoms with Crippen LogP contribution in [0.2, 0.25) is 0 Å². The van der Waals surface area contributed by atoms with Gasteiger partial charge in [0.2, 0.25) is 11.5 Å². The van der Waals surface area contributed by atoms with E-state index in [9.17, 15) is 9.59 Å². The second-order valence-corrected chi connectivity index (χ2v) is 6.42. The molecule has 2 unspecified atom stereocenters. The molecule has 6 heteroatoms. The predicted molar refractivity (Wildman–Crippen MR) is 95.5 cm³/mol. The number of pyridine rings is 1. The van der Waals surface area contributed by atoms with Crippen LogP contribution in [0.5, 0.6) is 0 Å². The molecule has 2 aromatic rings. The molecular weight excluding hydrogens is 304 g/mol. The average molecular weight is 326 g/mol. The summed E-state index contributed by atoms with van der Waals surface area (Å²) in [5, 5.41) is 2.95. The zero-order valence-corrected chi connectivity index (χ0v) is 13.6. The van der Waals surface area contributed by atoms with Crippen LogP contribution < -0.4 is 22.3 Å². The summed E-state index contributed by atoms with van der Waals surface area (Å²) < 4.78 is 0. The maximum atomic E-state index is 12.4. The van der Waals surface area contributed by atoms with E-state index in [0.29, 0.717) is 29.1 Å². The Bertz CT molecular complexity index is 828. The van der Waals surface area contributed by atoms with Crippen molar-refractivity contribution in [3.8, 4) is 11.1 Å². The molecule has 1 amide bonds. The van der Waals surface area contributed by atoms with Gasteiger partial charge in [0.15, 0.2) is 0 Å². The SMILES string of the molecule is CC1CCCC(N)c2cc(cc(=O)[nH]2)-c2ccc(N)cc2NC1=O. The Morgan fingerprint density at radius 3 is 2.71 bits per heavy atom. The Morgan fingerprint density at radius 1 is 1.12 bits per heavy atom. The number of nitrogen functional groups attached to an aromatic ring is 1. The van der Waals surface area contributed by atoms with Crippen molar-refractivity contribution in [2.45, 2.75) is 32.2 Å². The number of aromatic nitrogens is 1. The van der Waals surface area contributed by atoms with E-state index in [1.807, 2.05) is 19.1 Å². The van der Waals surface area contributed by atoms with Crippen LogP contribution in [0.25, 0.3) is 11.1 Å². The fourth-order valence-corrected chi connectivity index (χ4v) is 3.02. The van der Waals surface area contributed by atoms with E-state index in [1.165, 1.54) is 6.07 Å². The minimum atomic E-state index is -0.260. The first-order valence-corrected chi connectivity index (χ1v) is 8.14. The van der Waals surface area contributed by atoms with Gasteiger partial charge in [0.25, 0.3) is 0 Å². The molecule has 0 radical (unpaired) electrons. The molecule has 2 bridgehead atoms. The Balaban J connectivity index is 2.18. The second-order valence-electron chi connectivity index (χ2n) is 6.42. The third kappa shape index (κ3) is 3.33. The number of rotatable bonds is 0. The van der Waals surface area contributed by atoms with Crippen LogP contribution in [-0.4, -0.2) is 10.9 Å². The number of hydrogen-bond acceptors (Lipinski definition) is 4. The number of anilines is 2. The fourth-order valence-electron chi connectivity index (χ4n) is 3.02. The molecule has 6 N–H and O–H groups in total. The molecule has 0 aliphatic carbocycles. The molecule has 6 nitrogen and oxygen atoms in total. The molecule has 1 aliphatic heterocycles. The standard InChI is InChI=1S/C18H22N4O2/c1-10-3-2-4-14(20)16-7-11(8-17(23)21-16)13-6-5-12(19)9-15(13)22-18(10)24/h5-10,14H,2-4,19-20H2,1H3,(H,21,23)(H,22,24). The van der Waals surface area contributed by atoms with Gasteiger partial charge >= 0.3 is 0 Å². The van der Waals surface area contributed by atoms with Crippen molar-refractivity contribution < 1.29 is 4.79 Å². The quantitative estimate of drug-likeness (QED) is 0.556. The lowest BCUT2D eigenvalue weighted by atomic mass is 9.96. The molecular formula is C18H22N4O2. The minimum absolute atomic E-state index is 0.0546. The van der Waals surface area contributed by atoms with Crippen LogP contribution in [0.3, 0.4) is 0 Å². The van der Waals surface area contributed by atoms with Gasteiger partial charge in [0.1, 0.15) is 0 Å². The molecule has 1 aromatic heterocycles. The van der Waals surface area contributed by atoms with Gasteiger partial charge in [-0.3, -0.25) is 9.59 Å². The highest BCUT2D eigenvalue weighted by Crippen LogP contribution is 2.32. The van der Waals surface area contributed by atoms with E-state index in [4.69, 9.17) is 11.5 Å². The van der Waals surface area contributed by atoms with Crippen LogP contribution in [0.15, 0.2) is 35.1 Å². The van der Waals surface area contributed by atoms with Crippen molar-refractivity contribution in [1.29, 1.82) is 0 Å². The molecule has 126 valence electrons. The molecule has 1 aromatic carbocycles. The highest BCUT2D eigenvalue weighted by Gasteiger charge is 2.19. The summed E-state index contributed by atoms with van der Waals surface area (Å²) in [7, 11) is 0. The van der Waals surface area contributed by atoms with Gasteiger partial charge in [-0.05, 0) is 36.6 Å². The van der Waals surface area contributed by atoms with Crippen molar-refractivity contribution in [2.24, 2.45) is 11.7 Å². The van der Waals surface area contributed by atoms with Crippen molar-refractivity contribution >= 4 is 17.3 Å². The largest absolute Gasteiger partial charge is 0.399 e. The average Bonchev–Trinajstić information content (AvgIpc) is 2.53. The van der Waals surface area contributed by atoms with Gasteiger partial charge < -0.3 is 21.8 Å². The van der Waals surface area contributed by atoms with Crippen molar-refractivity contribution in [3.05, 3.63) is 46.4 Å². The topological polar surface area (TPSA) is 114 Å². The Hall–Kier alpha value is -2.60. The van der Waals surface area contributed by atoms with Gasteiger partial charge in [-0.2, -0.15) is 0 Å². The maximum absolute atomic E-state index is 12.4. The van der Waals surface area contributed by atoms with E-state index in [-0.39, 0.29) is 23.4 Å². The summed E-state index contributed by atoms with van der Waals surface area (Å²) in [6.45, 7) is 1.90. The smallest absolute Gasteiger partial charge is 0.248 e. The Morgan fingerprint density at radius 2 is 1.92 bits per heavy atom. The third-order valence-electron chi connectivity index (χ3n) is 4.48. The van der Waals surface area contributed by atoms with Crippen LogP contribution in [0, 0.1) is 5.92 Å². The number of fused-ring (bicyclic) bond motifs is 4. The van der Waals surface area contributed by atoms with Gasteiger partial charge in [-0.1, -0.05) is 19.4 Å². The first-order chi connectivity index (χ1) is 11.4. The lowest BCUT2D eigenvalue weighted by Gasteiger charge is -2.19. The van der Waals surface area contributed by atoms with Gasteiger partial charge in [-0.25, -0.2) is 0 Å². The van der Waals surface area contributed by atoms with Crippen LogP contribution in [-0.2, 0) is 4.79 Å². The molecule has 0 spiro atoms. The maximum Gasteiger partial charge on any atom is 0.248 e. The number of aromatic amines is 1. The first-order valence-electron chi connectivity index (χ1n) is 8.14. The number of carbonyl (C=O) groups is 1. The monoisotopic (exact) mass is 326 g/mol. The summed E-state index contributed by atoms with van der Waals surface area (Å²) in [6, 6.07) is 8.40. The van der Waals surface area contributed by atoms with Crippen LogP contribution in [0.1, 0.15) is 37.9 Å². The third-order valence-corrected chi connectivity index (χ3v) is 4.48. The Labute approximate surface area is 140 Å². The number of amides is 1. The molecule has 0 saturated heterocycles. The van der Waals surface area contributed by atoms with Crippen molar-refractivity contribution in [3.63, 3.8) is 0 Å². The predicted octanol–water partition coefficient (Wildman–Crippen LogP) is 2.38. The van der Waals surface area contributed by atoms with E-state index in [1.54, 1.807) is 12.1 Å². The molecule has 2 heterocycles. The number of benzene rings is 1. The van der Waals surface area contributed by atoms with Crippen molar-refractivity contribution in [2.75, 3.05) is 11.1 Å². The first kappa shape index (κ1) is 16.3. The van der Waals surface area contributed by atoms with Gasteiger partial charge in [-0.15, -0.1) is 0 Å². The van der Waals surface area contributed by atoms with E-state index in [2.05, 4.69) is 10.3 Å². The van der Waals surface area contributed by atoms with E-state index < -0.39 is 0 Å². The highest BCUT2D eigenvalue weighted by molar-refractivity contribution is 5.97. The summed E-state index contributed by atoms with van der Waals surface area (Å²) in [5.41, 5.74) is 15.2. The van der Waals surface area contributed by atoms with E-state index >= 15 is 0 Å². The zero-order chi connectivity index (χ0) is 17.3. The molecule has 0 fully saturated rings. The summed E-state index contributed by atoms with van der Waals surface area (Å²) >= 11 is 0. The molecule has 1 aliphatic rings. The van der Waals surface area contributed by atoms with Crippen LogP contribution in [0.4, 0.5) is 11.4 Å². The normalized spacial score (nSPS) is 21.2. The molecule has 3 rings (SSSR count). The number of carbonyl (C=O) groups excluding carboxylic acids is 1. The number of nitrogens with two attached hydrogens (primary N) is 2. The second kappa shape index (κ2) is 6.49. The summed E-state index contributed by atoms with van der Waals surface area (Å²) in [5.74, 6) is -0.177. The lowest BCUT2D eigenvalue weighted by Crippen LogP contribution is -2.23. The molecule has 24 heavy (non-hydrogen) atoms. The van der Waals surface area contributed by atoms with Gasteiger partial charge in [0.05, 0.1) is 5.69 Å². The Kier molecular flexibility index (Phi) is 4.40. The van der Waals surface area contributed by atoms with Crippen molar-refractivity contribution in [1.82, 2.24) is 4.98 Å². The number of nitrogens with one attached hydrogen (secondary N) is 2. The number of H-pyrrole nitrogens is 1. The number of hydrogen-bond donors (Lipinski definition) is 4.